The van der Waals surface area contributed by atoms with E-state index < -0.39 is 10.0 Å². The topological polar surface area (TPSA) is 59.1 Å². The highest BCUT2D eigenvalue weighted by Gasteiger charge is 2.26. The van der Waals surface area contributed by atoms with E-state index >= 15 is 0 Å². The number of fused-ring (bicyclic) bond motifs is 1. The Morgan fingerprint density at radius 1 is 0.684 bits per heavy atom. The lowest BCUT2D eigenvalue weighted by molar-refractivity contribution is 0.174. The van der Waals surface area contributed by atoms with Crippen LogP contribution < -0.4 is 14.4 Å². The van der Waals surface area contributed by atoms with Crippen LogP contribution in [0.4, 0.5) is 5.69 Å². The van der Waals surface area contributed by atoms with Crippen LogP contribution in [0.25, 0.3) is 11.1 Å². The van der Waals surface area contributed by atoms with Crippen LogP contribution in [0.15, 0.2) is 102 Å². The second kappa shape index (κ2) is 11.3. The van der Waals surface area contributed by atoms with E-state index in [1.165, 1.54) is 4.31 Å². The Bertz CT molecular complexity index is 1470. The molecule has 0 N–H and O–H groups in total. The van der Waals surface area contributed by atoms with Crippen molar-refractivity contribution in [3.8, 4) is 22.6 Å². The van der Waals surface area contributed by atoms with E-state index in [1.54, 1.807) is 12.1 Å². The van der Waals surface area contributed by atoms with Crippen molar-refractivity contribution >= 4 is 15.7 Å². The van der Waals surface area contributed by atoms with Gasteiger partial charge in [-0.3, -0.25) is 0 Å². The quantitative estimate of drug-likeness (QED) is 0.241. The molecule has 0 fully saturated rings. The largest absolute Gasteiger partial charge is 0.454 e. The molecule has 0 saturated heterocycles. The van der Waals surface area contributed by atoms with Crippen molar-refractivity contribution in [2.75, 3.05) is 24.8 Å². The van der Waals surface area contributed by atoms with E-state index in [4.69, 9.17) is 9.47 Å². The maximum atomic E-state index is 14.0. The molecule has 7 heteroatoms. The highest BCUT2D eigenvalue weighted by molar-refractivity contribution is 7.89. The van der Waals surface area contributed by atoms with Gasteiger partial charge in [0.25, 0.3) is 0 Å². The Morgan fingerprint density at radius 3 is 1.97 bits per heavy atom. The molecule has 38 heavy (non-hydrogen) atoms. The minimum Gasteiger partial charge on any atom is -0.454 e. The fourth-order valence-corrected chi connectivity index (χ4v) is 6.09. The summed E-state index contributed by atoms with van der Waals surface area (Å²) in [5.74, 6) is 1.31. The third kappa shape index (κ3) is 5.54. The van der Waals surface area contributed by atoms with Crippen molar-refractivity contribution in [3.63, 3.8) is 0 Å². The summed E-state index contributed by atoms with van der Waals surface area (Å²) >= 11 is 0. The maximum Gasteiger partial charge on any atom is 0.243 e. The molecule has 1 heterocycles. The lowest BCUT2D eigenvalue weighted by Gasteiger charge is -2.24. The number of hydrogen-bond acceptors (Lipinski definition) is 5. The SMILES string of the molecule is CCN(CC)c1ccc(CN(Cc2ccc3c(c2)OCO3)S(=O)(=O)c2ccc(-c3ccccc3)cc2)cc1. The number of hydrogen-bond donors (Lipinski definition) is 0. The fourth-order valence-electron chi connectivity index (χ4n) is 4.67. The van der Waals surface area contributed by atoms with Crippen LogP contribution in [0.2, 0.25) is 0 Å². The first-order chi connectivity index (χ1) is 18.5. The zero-order chi connectivity index (χ0) is 26.5. The number of sulfonamides is 1. The third-order valence-electron chi connectivity index (χ3n) is 6.82. The van der Waals surface area contributed by atoms with Crippen molar-refractivity contribution in [3.05, 3.63) is 108 Å². The van der Waals surface area contributed by atoms with Crippen molar-refractivity contribution in [1.82, 2.24) is 4.31 Å². The average Bonchev–Trinajstić information content (AvgIpc) is 3.43. The molecule has 196 valence electrons. The van der Waals surface area contributed by atoms with Gasteiger partial charge in [0, 0.05) is 31.9 Å². The first-order valence-corrected chi connectivity index (χ1v) is 14.3. The van der Waals surface area contributed by atoms with E-state index in [0.717, 1.165) is 41.0 Å². The van der Waals surface area contributed by atoms with Gasteiger partial charge in [-0.15, -0.1) is 0 Å². The molecule has 0 amide bonds. The Kier molecular flexibility index (Phi) is 7.67. The highest BCUT2D eigenvalue weighted by Crippen LogP contribution is 2.34. The molecule has 1 aliphatic heterocycles. The standard InChI is InChI=1S/C31H32N2O4S/c1-3-32(4-2)28-15-10-24(11-16-28)21-33(22-25-12-19-30-31(20-25)37-23-36-30)38(34,35)29-17-13-27(14-18-29)26-8-6-5-7-9-26/h5-20H,3-4,21-23H2,1-2H3. The number of ether oxygens (including phenoxy) is 2. The first kappa shape index (κ1) is 25.8. The molecular weight excluding hydrogens is 496 g/mol. The molecule has 1 aliphatic rings. The molecule has 0 aliphatic carbocycles. The molecule has 0 bridgehead atoms. The molecule has 0 saturated carbocycles. The van der Waals surface area contributed by atoms with Gasteiger partial charge in [-0.25, -0.2) is 8.42 Å². The summed E-state index contributed by atoms with van der Waals surface area (Å²) in [6.07, 6.45) is 0. The molecule has 4 aromatic rings. The maximum absolute atomic E-state index is 14.0. The van der Waals surface area contributed by atoms with Crippen molar-refractivity contribution in [2.45, 2.75) is 31.8 Å². The van der Waals surface area contributed by atoms with E-state index in [1.807, 2.05) is 72.8 Å². The average molecular weight is 529 g/mol. The van der Waals surface area contributed by atoms with Crippen LogP contribution in [0.3, 0.4) is 0 Å². The predicted molar refractivity (Wildman–Crippen MR) is 151 cm³/mol. The summed E-state index contributed by atoms with van der Waals surface area (Å²) in [5, 5.41) is 0. The van der Waals surface area contributed by atoms with Crippen LogP contribution in [0.1, 0.15) is 25.0 Å². The molecule has 0 unspecified atom stereocenters. The smallest absolute Gasteiger partial charge is 0.243 e. The van der Waals surface area contributed by atoms with E-state index in [2.05, 4.69) is 30.9 Å². The zero-order valence-corrected chi connectivity index (χ0v) is 22.5. The predicted octanol–water partition coefficient (Wildman–Crippen LogP) is 6.32. The van der Waals surface area contributed by atoms with Crippen molar-refractivity contribution in [2.24, 2.45) is 0 Å². The van der Waals surface area contributed by atoms with Crippen LogP contribution in [0, 0.1) is 0 Å². The molecule has 6 nitrogen and oxygen atoms in total. The number of rotatable bonds is 10. The Morgan fingerprint density at radius 2 is 1.29 bits per heavy atom. The molecule has 0 radical (unpaired) electrons. The molecular formula is C31H32N2O4S. The summed E-state index contributed by atoms with van der Waals surface area (Å²) in [6.45, 7) is 6.71. The van der Waals surface area contributed by atoms with E-state index in [9.17, 15) is 8.42 Å². The molecule has 4 aromatic carbocycles. The van der Waals surface area contributed by atoms with Gasteiger partial charge in [-0.1, -0.05) is 60.7 Å². The molecule has 0 atom stereocenters. The number of nitrogens with zero attached hydrogens (tertiary/aromatic N) is 2. The van der Waals surface area contributed by atoms with Gasteiger partial charge in [0.15, 0.2) is 11.5 Å². The minimum atomic E-state index is -3.80. The summed E-state index contributed by atoms with van der Waals surface area (Å²) in [4.78, 5) is 2.52. The van der Waals surface area contributed by atoms with Gasteiger partial charge in [0.1, 0.15) is 0 Å². The Hall–Kier alpha value is -3.81. The van der Waals surface area contributed by atoms with Crippen molar-refractivity contribution < 1.29 is 17.9 Å². The minimum absolute atomic E-state index is 0.174. The van der Waals surface area contributed by atoms with Gasteiger partial charge in [0.2, 0.25) is 16.8 Å². The lowest BCUT2D eigenvalue weighted by atomic mass is 10.1. The van der Waals surface area contributed by atoms with E-state index in [0.29, 0.717) is 11.5 Å². The van der Waals surface area contributed by atoms with Crippen LogP contribution in [0.5, 0.6) is 11.5 Å². The van der Waals surface area contributed by atoms with E-state index in [-0.39, 0.29) is 24.8 Å². The second-order valence-corrected chi connectivity index (χ2v) is 11.1. The number of benzene rings is 4. The Labute approximate surface area is 225 Å². The molecule has 5 rings (SSSR count). The van der Waals surface area contributed by atoms with Gasteiger partial charge in [0.05, 0.1) is 4.90 Å². The monoisotopic (exact) mass is 528 g/mol. The zero-order valence-electron chi connectivity index (χ0n) is 21.7. The van der Waals surface area contributed by atoms with Gasteiger partial charge >= 0.3 is 0 Å². The van der Waals surface area contributed by atoms with Crippen molar-refractivity contribution in [1.29, 1.82) is 0 Å². The summed E-state index contributed by atoms with van der Waals surface area (Å²) < 4.78 is 40.4. The fraction of sp³-hybridized carbons (Fsp3) is 0.226. The summed E-state index contributed by atoms with van der Waals surface area (Å²) in [5.41, 5.74) is 4.89. The first-order valence-electron chi connectivity index (χ1n) is 12.9. The molecule has 0 spiro atoms. The second-order valence-electron chi connectivity index (χ2n) is 9.19. The number of anilines is 1. The summed E-state index contributed by atoms with van der Waals surface area (Å²) in [6, 6.07) is 30.7. The van der Waals surface area contributed by atoms with Gasteiger partial charge in [-0.2, -0.15) is 4.31 Å². The molecule has 0 aromatic heterocycles. The third-order valence-corrected chi connectivity index (χ3v) is 8.62. The van der Waals surface area contributed by atoms with Gasteiger partial charge in [-0.05, 0) is 72.5 Å². The highest BCUT2D eigenvalue weighted by atomic mass is 32.2. The van der Waals surface area contributed by atoms with Crippen LogP contribution >= 0.6 is 0 Å². The lowest BCUT2D eigenvalue weighted by Crippen LogP contribution is -2.30. The normalized spacial score (nSPS) is 12.6. The Balaban J connectivity index is 1.45. The van der Waals surface area contributed by atoms with Gasteiger partial charge < -0.3 is 14.4 Å². The summed E-state index contributed by atoms with van der Waals surface area (Å²) in [7, 11) is -3.80. The van der Waals surface area contributed by atoms with Crippen LogP contribution in [-0.4, -0.2) is 32.6 Å². The van der Waals surface area contributed by atoms with Crippen LogP contribution in [-0.2, 0) is 23.1 Å².